The number of carbonyl (C=O) groups is 2. The van der Waals surface area contributed by atoms with Crippen LogP contribution < -0.4 is 5.32 Å². The van der Waals surface area contributed by atoms with Crippen molar-refractivity contribution < 1.29 is 24.5 Å². The molecule has 1 rings (SSSR count). The lowest BCUT2D eigenvalue weighted by atomic mass is 10.0. The lowest BCUT2D eigenvalue weighted by Gasteiger charge is -2.35. The summed E-state index contributed by atoms with van der Waals surface area (Å²) in [6.45, 7) is 1.27. The van der Waals surface area contributed by atoms with E-state index in [0.29, 0.717) is 6.29 Å². The van der Waals surface area contributed by atoms with E-state index in [-0.39, 0.29) is 12.3 Å². The summed E-state index contributed by atoms with van der Waals surface area (Å²) in [5.41, 5.74) is 0. The molecule has 6 heteroatoms. The quantitative estimate of drug-likeness (QED) is 0.458. The monoisotopic (exact) mass is 203 g/mol. The van der Waals surface area contributed by atoms with Crippen molar-refractivity contribution in [1.82, 2.24) is 5.32 Å². The number of nitrogens with one attached hydrogen (secondary N) is 1. The van der Waals surface area contributed by atoms with Crippen LogP contribution in [0.1, 0.15) is 13.3 Å². The van der Waals surface area contributed by atoms with Gasteiger partial charge in [0.25, 0.3) is 0 Å². The molecule has 6 nitrogen and oxygen atoms in total. The van der Waals surface area contributed by atoms with Gasteiger partial charge in [-0.15, -0.1) is 0 Å². The molecule has 80 valence electrons. The molecule has 1 aliphatic rings. The number of amides is 1. The van der Waals surface area contributed by atoms with E-state index in [4.69, 9.17) is 4.74 Å². The van der Waals surface area contributed by atoms with Crippen LogP contribution in [0.15, 0.2) is 0 Å². The largest absolute Gasteiger partial charge is 0.391 e. The van der Waals surface area contributed by atoms with Crippen LogP contribution in [0.25, 0.3) is 0 Å². The van der Waals surface area contributed by atoms with E-state index < -0.39 is 24.5 Å². The molecule has 0 aromatic heterocycles. The highest BCUT2D eigenvalue weighted by Gasteiger charge is 2.37. The first-order chi connectivity index (χ1) is 6.54. The first kappa shape index (κ1) is 11.1. The van der Waals surface area contributed by atoms with Crippen LogP contribution in [0.5, 0.6) is 0 Å². The van der Waals surface area contributed by atoms with Crippen LogP contribution in [0.2, 0.25) is 0 Å². The van der Waals surface area contributed by atoms with Gasteiger partial charge in [-0.3, -0.25) is 4.79 Å². The normalized spacial score (nSPS) is 37.6. The Bertz CT molecular complexity index is 220. The third-order valence-electron chi connectivity index (χ3n) is 2.03. The van der Waals surface area contributed by atoms with Crippen LogP contribution in [0, 0.1) is 0 Å². The van der Waals surface area contributed by atoms with E-state index >= 15 is 0 Å². The molecular weight excluding hydrogens is 190 g/mol. The minimum absolute atomic E-state index is 0.0749. The zero-order chi connectivity index (χ0) is 10.7. The number of carbonyl (C=O) groups excluding carboxylic acids is 2. The van der Waals surface area contributed by atoms with E-state index in [1.54, 1.807) is 0 Å². The van der Waals surface area contributed by atoms with Crippen molar-refractivity contribution in [3.05, 3.63) is 0 Å². The molecule has 3 unspecified atom stereocenters. The maximum absolute atomic E-state index is 10.7. The maximum Gasteiger partial charge on any atom is 0.217 e. The number of rotatable bonds is 2. The van der Waals surface area contributed by atoms with E-state index in [1.807, 2.05) is 0 Å². The standard InChI is InChI=1S/C8H13NO5/c1-4(11)9-7-6(12)2-5(3-10)14-8(7)13/h3,5-8,12-13H,2H2,1H3,(H,9,11)/t5?,6?,7?,8-/m1/s1. The van der Waals surface area contributed by atoms with Crippen molar-refractivity contribution in [2.24, 2.45) is 0 Å². The molecule has 1 fully saturated rings. The van der Waals surface area contributed by atoms with Crippen LogP contribution in [0.4, 0.5) is 0 Å². The number of aliphatic hydroxyl groups is 2. The third kappa shape index (κ3) is 2.50. The number of hydrogen-bond acceptors (Lipinski definition) is 5. The van der Waals surface area contributed by atoms with Crippen molar-refractivity contribution >= 4 is 12.2 Å². The van der Waals surface area contributed by atoms with Gasteiger partial charge in [0.05, 0.1) is 6.10 Å². The predicted molar refractivity (Wildman–Crippen MR) is 45.2 cm³/mol. The summed E-state index contributed by atoms with van der Waals surface area (Å²) in [5.74, 6) is -0.374. The molecule has 1 heterocycles. The van der Waals surface area contributed by atoms with Crippen molar-refractivity contribution in [3.8, 4) is 0 Å². The molecule has 0 spiro atoms. The van der Waals surface area contributed by atoms with Crippen molar-refractivity contribution in [1.29, 1.82) is 0 Å². The molecule has 0 aliphatic carbocycles. The Morgan fingerprint density at radius 3 is 2.64 bits per heavy atom. The average molecular weight is 203 g/mol. The van der Waals surface area contributed by atoms with Gasteiger partial charge in [0.1, 0.15) is 18.4 Å². The molecule has 1 saturated heterocycles. The summed E-state index contributed by atoms with van der Waals surface area (Å²) in [6, 6.07) is -0.872. The fourth-order valence-corrected chi connectivity index (χ4v) is 1.38. The molecule has 1 aliphatic heterocycles. The first-order valence-corrected chi connectivity index (χ1v) is 4.28. The van der Waals surface area contributed by atoms with Gasteiger partial charge >= 0.3 is 0 Å². The number of aldehydes is 1. The minimum Gasteiger partial charge on any atom is -0.391 e. The van der Waals surface area contributed by atoms with Crippen molar-refractivity contribution in [2.45, 2.75) is 37.9 Å². The summed E-state index contributed by atoms with van der Waals surface area (Å²) in [4.78, 5) is 21.0. The lowest BCUT2D eigenvalue weighted by Crippen LogP contribution is -2.56. The zero-order valence-corrected chi connectivity index (χ0v) is 7.71. The molecule has 0 bridgehead atoms. The highest BCUT2D eigenvalue weighted by Crippen LogP contribution is 2.17. The van der Waals surface area contributed by atoms with Crippen LogP contribution >= 0.6 is 0 Å². The number of ether oxygens (including phenoxy) is 1. The van der Waals surface area contributed by atoms with Crippen molar-refractivity contribution in [3.63, 3.8) is 0 Å². The second-order valence-corrected chi connectivity index (χ2v) is 3.23. The second-order valence-electron chi connectivity index (χ2n) is 3.23. The summed E-state index contributed by atoms with van der Waals surface area (Å²) in [7, 11) is 0. The fourth-order valence-electron chi connectivity index (χ4n) is 1.38. The van der Waals surface area contributed by atoms with Gasteiger partial charge < -0.3 is 25.1 Å². The first-order valence-electron chi connectivity index (χ1n) is 4.28. The molecule has 3 N–H and O–H groups in total. The highest BCUT2D eigenvalue weighted by atomic mass is 16.6. The van der Waals surface area contributed by atoms with Crippen LogP contribution in [-0.2, 0) is 14.3 Å². The molecule has 0 radical (unpaired) electrons. The summed E-state index contributed by atoms with van der Waals surface area (Å²) < 4.78 is 4.83. The third-order valence-corrected chi connectivity index (χ3v) is 2.03. The molecule has 0 aromatic carbocycles. The highest BCUT2D eigenvalue weighted by molar-refractivity contribution is 5.73. The van der Waals surface area contributed by atoms with Gasteiger partial charge in [-0.05, 0) is 0 Å². The topological polar surface area (TPSA) is 95.9 Å². The smallest absolute Gasteiger partial charge is 0.217 e. The Kier molecular flexibility index (Phi) is 3.56. The van der Waals surface area contributed by atoms with Gasteiger partial charge in [-0.2, -0.15) is 0 Å². The predicted octanol–water partition coefficient (Wildman–Crippen LogP) is -1.84. The van der Waals surface area contributed by atoms with E-state index in [9.17, 15) is 19.8 Å². The Morgan fingerprint density at radius 1 is 1.57 bits per heavy atom. The molecular formula is C8H13NO5. The molecule has 0 aromatic rings. The fraction of sp³-hybridized carbons (Fsp3) is 0.750. The van der Waals surface area contributed by atoms with Crippen LogP contribution in [-0.4, -0.2) is 46.9 Å². The average Bonchev–Trinajstić information content (AvgIpc) is 2.10. The van der Waals surface area contributed by atoms with E-state index in [2.05, 4.69) is 5.32 Å². The van der Waals surface area contributed by atoms with E-state index in [1.165, 1.54) is 6.92 Å². The molecule has 1 amide bonds. The lowest BCUT2D eigenvalue weighted by molar-refractivity contribution is -0.202. The number of hydrogen-bond donors (Lipinski definition) is 3. The Morgan fingerprint density at radius 2 is 2.21 bits per heavy atom. The van der Waals surface area contributed by atoms with Gasteiger partial charge in [-0.1, -0.05) is 0 Å². The molecule has 14 heavy (non-hydrogen) atoms. The van der Waals surface area contributed by atoms with Gasteiger partial charge in [0, 0.05) is 13.3 Å². The maximum atomic E-state index is 10.7. The van der Waals surface area contributed by atoms with Gasteiger partial charge in [0.15, 0.2) is 6.29 Å². The Labute approximate surface area is 80.9 Å². The summed E-state index contributed by atoms with van der Waals surface area (Å²) >= 11 is 0. The zero-order valence-electron chi connectivity index (χ0n) is 7.71. The van der Waals surface area contributed by atoms with E-state index in [0.717, 1.165) is 0 Å². The molecule has 0 saturated carbocycles. The minimum atomic E-state index is -1.35. The summed E-state index contributed by atoms with van der Waals surface area (Å²) in [6.07, 6.45) is -2.55. The molecule has 4 atom stereocenters. The Balaban J connectivity index is 2.60. The SMILES string of the molecule is CC(=O)NC1C(O)CC(C=O)O[C@H]1O. The van der Waals surface area contributed by atoms with Gasteiger partial charge in [0.2, 0.25) is 5.91 Å². The second kappa shape index (κ2) is 4.50. The number of aliphatic hydroxyl groups excluding tert-OH is 2. The van der Waals surface area contributed by atoms with Gasteiger partial charge in [-0.25, -0.2) is 0 Å². The summed E-state index contributed by atoms with van der Waals surface area (Å²) in [5, 5.41) is 21.2. The van der Waals surface area contributed by atoms with Crippen LogP contribution in [0.3, 0.4) is 0 Å². The van der Waals surface area contributed by atoms with Crippen molar-refractivity contribution in [2.75, 3.05) is 0 Å². The Hall–Kier alpha value is -0.980.